The van der Waals surface area contributed by atoms with E-state index in [9.17, 15) is 19.8 Å². The van der Waals surface area contributed by atoms with Gasteiger partial charge < -0.3 is 24.3 Å². The van der Waals surface area contributed by atoms with Crippen LogP contribution >= 0.6 is 0 Å². The number of carboxylic acids is 1. The zero-order chi connectivity index (χ0) is 23.2. The zero-order valence-corrected chi connectivity index (χ0v) is 17.8. The maximum absolute atomic E-state index is 12.9. The van der Waals surface area contributed by atoms with Gasteiger partial charge in [0.05, 0.1) is 12.1 Å². The number of hydrogen-bond donors (Lipinski definition) is 2. The van der Waals surface area contributed by atoms with Crippen molar-refractivity contribution in [3.63, 3.8) is 0 Å². The summed E-state index contributed by atoms with van der Waals surface area (Å²) in [5.74, 6) is -0.325. The first kappa shape index (κ1) is 22.1. The highest BCUT2D eigenvalue weighted by Crippen LogP contribution is 2.33. The van der Waals surface area contributed by atoms with Crippen molar-refractivity contribution in [2.45, 2.75) is 26.4 Å². The summed E-state index contributed by atoms with van der Waals surface area (Å²) < 4.78 is 13.5. The molecule has 1 heterocycles. The Morgan fingerprint density at radius 3 is 1.91 bits per heavy atom. The van der Waals surface area contributed by atoms with E-state index in [2.05, 4.69) is 0 Å². The third kappa shape index (κ3) is 5.22. The molecule has 3 aromatic carbocycles. The van der Waals surface area contributed by atoms with Gasteiger partial charge in [-0.05, 0) is 17.2 Å². The second kappa shape index (κ2) is 10.0. The summed E-state index contributed by atoms with van der Waals surface area (Å²) >= 11 is 0. The average Bonchev–Trinajstić information content (AvgIpc) is 2.84. The summed E-state index contributed by atoms with van der Waals surface area (Å²) in [7, 11) is 0. The number of aliphatic carboxylic acids is 1. The number of carbonyl (C=O) groups is 1. The predicted octanol–water partition coefficient (Wildman–Crippen LogP) is 3.74. The molecule has 33 heavy (non-hydrogen) atoms. The highest BCUT2D eigenvalue weighted by atomic mass is 16.5. The van der Waals surface area contributed by atoms with E-state index in [0.29, 0.717) is 17.0 Å². The average molecular weight is 445 g/mol. The largest absolute Gasteiger partial charge is 0.485 e. The Bertz CT molecular complexity index is 1320. The Hall–Kier alpha value is -4.10. The molecule has 0 atom stereocenters. The van der Waals surface area contributed by atoms with Crippen LogP contribution in [-0.4, -0.2) is 20.7 Å². The van der Waals surface area contributed by atoms with Crippen molar-refractivity contribution < 1.29 is 24.5 Å². The molecule has 0 saturated carbocycles. The second-order valence-corrected chi connectivity index (χ2v) is 7.53. The smallest absolute Gasteiger partial charge is 0.323 e. The minimum atomic E-state index is -1.07. The van der Waals surface area contributed by atoms with Crippen LogP contribution in [0, 0.1) is 0 Å². The molecule has 7 heteroatoms. The van der Waals surface area contributed by atoms with Gasteiger partial charge >= 0.3 is 5.97 Å². The van der Waals surface area contributed by atoms with Crippen molar-refractivity contribution in [2.24, 2.45) is 0 Å². The van der Waals surface area contributed by atoms with Crippen LogP contribution in [0.15, 0.2) is 83.8 Å². The van der Waals surface area contributed by atoms with Gasteiger partial charge in [0.2, 0.25) is 0 Å². The van der Waals surface area contributed by atoms with E-state index in [1.165, 1.54) is 10.8 Å². The molecule has 0 saturated heterocycles. The maximum atomic E-state index is 12.9. The molecule has 1 aromatic heterocycles. The lowest BCUT2D eigenvalue weighted by Crippen LogP contribution is -2.18. The van der Waals surface area contributed by atoms with Crippen LogP contribution < -0.4 is 14.9 Å². The quantitative estimate of drug-likeness (QED) is 0.407. The molecular weight excluding hydrogens is 422 g/mol. The fraction of sp³-hybridized carbons (Fsp3) is 0.154. The van der Waals surface area contributed by atoms with E-state index in [0.717, 1.165) is 11.1 Å². The monoisotopic (exact) mass is 445 g/mol. The van der Waals surface area contributed by atoms with Gasteiger partial charge in [0.15, 0.2) is 16.9 Å². The van der Waals surface area contributed by atoms with Gasteiger partial charge in [-0.1, -0.05) is 60.7 Å². The molecule has 0 unspecified atom stereocenters. The van der Waals surface area contributed by atoms with E-state index in [-0.39, 0.29) is 36.1 Å². The van der Waals surface area contributed by atoms with Gasteiger partial charge in [-0.2, -0.15) is 0 Å². The molecule has 0 radical (unpaired) electrons. The van der Waals surface area contributed by atoms with E-state index in [1.54, 1.807) is 12.1 Å². The van der Waals surface area contributed by atoms with Gasteiger partial charge in [0.25, 0.3) is 0 Å². The number of hydrogen-bond acceptors (Lipinski definition) is 5. The third-order valence-electron chi connectivity index (χ3n) is 5.17. The van der Waals surface area contributed by atoms with Gasteiger partial charge in [0, 0.05) is 23.2 Å². The molecule has 0 bridgehead atoms. The number of pyridine rings is 1. The SMILES string of the molecule is O=C(O)Cn1cc(CO)c(=O)c2cc(OCc3ccccc3)c(OCc3ccccc3)cc21. The van der Waals surface area contributed by atoms with Crippen molar-refractivity contribution in [1.82, 2.24) is 4.57 Å². The number of rotatable bonds is 9. The Balaban J connectivity index is 1.79. The first-order chi connectivity index (χ1) is 16.0. The van der Waals surface area contributed by atoms with Crippen molar-refractivity contribution in [3.8, 4) is 11.5 Å². The topological polar surface area (TPSA) is 98.0 Å². The lowest BCUT2D eigenvalue weighted by Gasteiger charge is -2.17. The normalized spacial score (nSPS) is 10.8. The summed E-state index contributed by atoms with van der Waals surface area (Å²) in [5.41, 5.74) is 2.00. The second-order valence-electron chi connectivity index (χ2n) is 7.53. The standard InChI is InChI=1S/C26H23NO6/c28-15-20-13-27(14-25(29)30)22-12-24(33-17-19-9-5-2-6-10-19)23(11-21(22)26(20)31)32-16-18-7-3-1-4-8-18/h1-13,28H,14-17H2,(H,29,30). The van der Waals surface area contributed by atoms with Crippen LogP contribution in [0.4, 0.5) is 0 Å². The van der Waals surface area contributed by atoms with Crippen molar-refractivity contribution in [1.29, 1.82) is 0 Å². The number of nitrogens with zero attached hydrogens (tertiary/aromatic N) is 1. The molecule has 4 rings (SSSR count). The van der Waals surface area contributed by atoms with Gasteiger partial charge in [0.1, 0.15) is 19.8 Å². The van der Waals surface area contributed by atoms with E-state index < -0.39 is 12.6 Å². The van der Waals surface area contributed by atoms with Crippen LogP contribution in [0.3, 0.4) is 0 Å². The highest BCUT2D eigenvalue weighted by molar-refractivity contribution is 5.84. The first-order valence-corrected chi connectivity index (χ1v) is 10.4. The molecule has 0 aliphatic heterocycles. The molecule has 4 aromatic rings. The Kier molecular flexibility index (Phi) is 6.71. The number of ether oxygens (including phenoxy) is 2. The van der Waals surface area contributed by atoms with Gasteiger partial charge in [-0.25, -0.2) is 0 Å². The van der Waals surface area contributed by atoms with Crippen LogP contribution in [0.1, 0.15) is 16.7 Å². The van der Waals surface area contributed by atoms with E-state index in [4.69, 9.17) is 9.47 Å². The summed E-state index contributed by atoms with van der Waals surface area (Å²) in [4.78, 5) is 24.3. The Morgan fingerprint density at radius 2 is 1.39 bits per heavy atom. The fourth-order valence-corrected chi connectivity index (χ4v) is 3.54. The number of carboxylic acid groups (broad SMARTS) is 1. The lowest BCUT2D eigenvalue weighted by molar-refractivity contribution is -0.137. The third-order valence-corrected chi connectivity index (χ3v) is 5.17. The van der Waals surface area contributed by atoms with Crippen LogP contribution in [0.5, 0.6) is 11.5 Å². The van der Waals surface area contributed by atoms with Gasteiger partial charge in [-0.3, -0.25) is 9.59 Å². The molecule has 7 nitrogen and oxygen atoms in total. The van der Waals surface area contributed by atoms with Crippen LogP contribution in [0.25, 0.3) is 10.9 Å². The number of aromatic nitrogens is 1. The molecule has 0 amide bonds. The van der Waals surface area contributed by atoms with Crippen molar-refractivity contribution >= 4 is 16.9 Å². The fourth-order valence-electron chi connectivity index (χ4n) is 3.54. The molecule has 0 spiro atoms. The Labute approximate surface area is 190 Å². The van der Waals surface area contributed by atoms with Crippen molar-refractivity contribution in [3.05, 3.63) is 106 Å². The van der Waals surface area contributed by atoms with E-state index in [1.807, 2.05) is 60.7 Å². The summed E-state index contributed by atoms with van der Waals surface area (Å²) in [6, 6.07) is 22.3. The number of aliphatic hydroxyl groups is 1. The maximum Gasteiger partial charge on any atom is 0.323 e. The number of aliphatic hydroxyl groups excluding tert-OH is 1. The minimum absolute atomic E-state index is 0.107. The zero-order valence-electron chi connectivity index (χ0n) is 17.8. The minimum Gasteiger partial charge on any atom is -0.485 e. The Morgan fingerprint density at radius 1 is 0.848 bits per heavy atom. The van der Waals surface area contributed by atoms with E-state index >= 15 is 0 Å². The predicted molar refractivity (Wildman–Crippen MR) is 123 cm³/mol. The highest BCUT2D eigenvalue weighted by Gasteiger charge is 2.16. The summed E-state index contributed by atoms with van der Waals surface area (Å²) in [6.07, 6.45) is 1.37. The molecule has 0 aliphatic rings. The van der Waals surface area contributed by atoms with Gasteiger partial charge in [-0.15, -0.1) is 0 Å². The molecule has 168 valence electrons. The first-order valence-electron chi connectivity index (χ1n) is 10.4. The lowest BCUT2D eigenvalue weighted by atomic mass is 10.1. The molecule has 0 aliphatic carbocycles. The summed E-state index contributed by atoms with van der Waals surface area (Å²) in [6.45, 7) is -0.337. The number of fused-ring (bicyclic) bond motifs is 1. The van der Waals surface area contributed by atoms with Crippen molar-refractivity contribution in [2.75, 3.05) is 0 Å². The van der Waals surface area contributed by atoms with Crippen LogP contribution in [0.2, 0.25) is 0 Å². The summed E-state index contributed by atoms with van der Waals surface area (Å²) in [5, 5.41) is 19.2. The molecular formula is C26H23NO6. The number of benzene rings is 3. The molecule has 2 N–H and O–H groups in total. The molecule has 0 fully saturated rings. The van der Waals surface area contributed by atoms with Crippen LogP contribution in [-0.2, 0) is 31.2 Å².